The monoisotopic (exact) mass is 904 g/mol. The van der Waals surface area contributed by atoms with Gasteiger partial charge in [-0.25, -0.2) is 19.3 Å². The summed E-state index contributed by atoms with van der Waals surface area (Å²) < 4.78 is 21.1. The predicted molar refractivity (Wildman–Crippen MR) is 261 cm³/mol. The van der Waals surface area contributed by atoms with Crippen LogP contribution in [0.2, 0.25) is 0 Å². The molecule has 4 aliphatic rings. The van der Waals surface area contributed by atoms with Gasteiger partial charge in [0.15, 0.2) is 0 Å². The Balaban J connectivity index is 0.000000135. The minimum atomic E-state index is -0.0147. The van der Waals surface area contributed by atoms with E-state index in [9.17, 15) is 10.4 Å². The fourth-order valence-electron chi connectivity index (χ4n) is 9.43. The van der Waals surface area contributed by atoms with Crippen LogP contribution in [-0.2, 0) is 28.7 Å². The van der Waals surface area contributed by atoms with Crippen molar-refractivity contribution in [3.8, 4) is 35.0 Å². The zero-order valence-corrected chi connectivity index (χ0v) is 37.9. The lowest BCUT2D eigenvalue weighted by Gasteiger charge is -2.28. The van der Waals surface area contributed by atoms with Crippen molar-refractivity contribution < 1.29 is 19.3 Å². The molecule has 2 aliphatic heterocycles. The molecule has 14 heteroatoms. The Morgan fingerprint density at radius 3 is 1.76 bits per heavy atom. The standard InChI is InChI=1S/C27H25N5O2.C16H16N4O2.C11H11N/c28-17-19-4-7-24-20(14-19)2-1-3-26(24)34-23-6-5-21-18-30-32(25(21)16-23)22-8-9-29-27(15-22)31-10-12-33-13-11-31;21-14-2-1-12-11-18-20(15(12)10-14)13-3-4-17-16(9-13)19-5-7-22-8-6-19;12-8-9-5-6-10-3-1-2-4-11(10)7-9/h4-9,14-16,18,26H,1-3,10-13H2;1-4,9-11,21H,5-8H2;5-7H,1-4H2/t26-;;/m0../s1. The molecule has 12 rings (SSSR count). The first-order valence-electron chi connectivity index (χ1n) is 23.4. The third kappa shape index (κ3) is 9.83. The van der Waals surface area contributed by atoms with Crippen LogP contribution in [0.3, 0.4) is 0 Å². The maximum absolute atomic E-state index is 9.70. The number of rotatable bonds is 6. The molecule has 2 aliphatic carbocycles. The van der Waals surface area contributed by atoms with Crippen molar-refractivity contribution >= 4 is 33.4 Å². The number of nitrogens with zero attached hydrogens (tertiary/aromatic N) is 10. The number of phenolic OH excluding ortho intramolecular Hbond substituents is 1. The molecule has 4 aromatic carbocycles. The van der Waals surface area contributed by atoms with Gasteiger partial charge in [0.25, 0.3) is 0 Å². The fourth-order valence-corrected chi connectivity index (χ4v) is 9.43. The van der Waals surface area contributed by atoms with Crippen molar-refractivity contribution in [2.75, 3.05) is 62.4 Å². The predicted octanol–water partition coefficient (Wildman–Crippen LogP) is 8.98. The molecule has 0 unspecified atom stereocenters. The minimum Gasteiger partial charge on any atom is -0.508 e. The van der Waals surface area contributed by atoms with Crippen LogP contribution in [0.25, 0.3) is 33.2 Å². The molecule has 4 aromatic heterocycles. The number of hydrogen-bond donors (Lipinski definition) is 1. The van der Waals surface area contributed by atoms with Gasteiger partial charge in [-0.2, -0.15) is 20.7 Å². The van der Waals surface area contributed by atoms with Crippen molar-refractivity contribution in [1.82, 2.24) is 29.5 Å². The lowest BCUT2D eigenvalue weighted by molar-refractivity contribution is 0.122. The summed E-state index contributed by atoms with van der Waals surface area (Å²) in [4.78, 5) is 13.5. The van der Waals surface area contributed by atoms with Gasteiger partial charge >= 0.3 is 0 Å². The van der Waals surface area contributed by atoms with Crippen LogP contribution in [0.1, 0.15) is 65.2 Å². The highest BCUT2D eigenvalue weighted by Gasteiger charge is 2.23. The second kappa shape index (κ2) is 20.4. The SMILES string of the molecule is N#Cc1ccc2c(c1)CCCC2.N#Cc1ccc2c(c1)CCC[C@@H]2Oc1ccc2cnn(-c3ccnc(N4CCOCC4)c3)c2c1.Oc1ccc2cnn(-c3ccnc(N4CCOCC4)c3)c2c1. The number of phenols is 1. The summed E-state index contributed by atoms with van der Waals surface area (Å²) >= 11 is 0. The maximum Gasteiger partial charge on any atom is 0.130 e. The van der Waals surface area contributed by atoms with Crippen molar-refractivity contribution in [2.45, 2.75) is 51.0 Å². The Morgan fingerprint density at radius 2 is 1.13 bits per heavy atom. The summed E-state index contributed by atoms with van der Waals surface area (Å²) in [6, 6.07) is 35.8. The van der Waals surface area contributed by atoms with Crippen molar-refractivity contribution in [3.63, 3.8) is 0 Å². The highest BCUT2D eigenvalue weighted by atomic mass is 16.5. The second-order valence-electron chi connectivity index (χ2n) is 17.3. The van der Waals surface area contributed by atoms with E-state index >= 15 is 0 Å². The van der Waals surface area contributed by atoms with Crippen molar-refractivity contribution in [3.05, 3.63) is 155 Å². The molecule has 2 saturated heterocycles. The van der Waals surface area contributed by atoms with E-state index in [4.69, 9.17) is 19.5 Å². The molecule has 0 radical (unpaired) electrons. The fraction of sp³-hybridized carbons (Fsp3) is 0.296. The summed E-state index contributed by atoms with van der Waals surface area (Å²) in [7, 11) is 0. The molecule has 1 atom stereocenters. The number of aromatic hydroxyl groups is 1. The Morgan fingerprint density at radius 1 is 0.574 bits per heavy atom. The first kappa shape index (κ1) is 44.1. The van der Waals surface area contributed by atoms with Crippen LogP contribution >= 0.6 is 0 Å². The molecule has 8 aromatic rings. The van der Waals surface area contributed by atoms with E-state index in [1.54, 1.807) is 24.5 Å². The largest absolute Gasteiger partial charge is 0.508 e. The second-order valence-corrected chi connectivity index (χ2v) is 17.3. The topological polar surface area (TPSA) is 163 Å². The molecular formula is C54H52N10O4. The van der Waals surface area contributed by atoms with Gasteiger partial charge in [-0.05, 0) is 128 Å². The van der Waals surface area contributed by atoms with Crippen LogP contribution in [0.15, 0.2) is 122 Å². The van der Waals surface area contributed by atoms with Crippen LogP contribution in [0.5, 0.6) is 11.5 Å². The highest BCUT2D eigenvalue weighted by Crippen LogP contribution is 2.36. The van der Waals surface area contributed by atoms with Gasteiger partial charge in [-0.1, -0.05) is 12.1 Å². The summed E-state index contributed by atoms with van der Waals surface area (Å²) in [6.07, 6.45) is 15.2. The molecule has 0 spiro atoms. The maximum atomic E-state index is 9.70. The van der Waals surface area contributed by atoms with Gasteiger partial charge in [-0.3, -0.25) is 0 Å². The van der Waals surface area contributed by atoms with E-state index in [1.165, 1.54) is 41.5 Å². The van der Waals surface area contributed by atoms with Gasteiger partial charge in [0.1, 0.15) is 29.2 Å². The Kier molecular flexibility index (Phi) is 13.2. The van der Waals surface area contributed by atoms with Crippen LogP contribution in [0.4, 0.5) is 11.6 Å². The molecule has 0 saturated carbocycles. The molecule has 14 nitrogen and oxygen atoms in total. The van der Waals surface area contributed by atoms with Gasteiger partial charge in [-0.15, -0.1) is 0 Å². The lowest BCUT2D eigenvalue weighted by Crippen LogP contribution is -2.36. The minimum absolute atomic E-state index is 0.0147. The molecule has 1 N–H and O–H groups in total. The van der Waals surface area contributed by atoms with Crippen LogP contribution in [-0.4, -0.2) is 87.2 Å². The van der Waals surface area contributed by atoms with Gasteiger partial charge in [0, 0.05) is 73.6 Å². The van der Waals surface area contributed by atoms with Gasteiger partial charge < -0.3 is 29.1 Å². The molecule has 68 heavy (non-hydrogen) atoms. The number of hydrogen-bond acceptors (Lipinski definition) is 12. The molecule has 0 amide bonds. The first-order chi connectivity index (χ1) is 33.5. The number of nitriles is 2. The number of fused-ring (bicyclic) bond motifs is 4. The molecule has 6 heterocycles. The summed E-state index contributed by atoms with van der Waals surface area (Å²) in [5, 5.41) is 38.7. The summed E-state index contributed by atoms with van der Waals surface area (Å²) in [5.41, 5.74) is 10.5. The number of ether oxygens (including phenoxy) is 3. The van der Waals surface area contributed by atoms with Crippen molar-refractivity contribution in [1.29, 1.82) is 10.5 Å². The van der Waals surface area contributed by atoms with E-state index in [2.05, 4.69) is 66.4 Å². The van der Waals surface area contributed by atoms with E-state index < -0.39 is 0 Å². The van der Waals surface area contributed by atoms with Gasteiger partial charge in [0.2, 0.25) is 0 Å². The van der Waals surface area contributed by atoms with Crippen LogP contribution < -0.4 is 14.5 Å². The van der Waals surface area contributed by atoms with Crippen LogP contribution in [0, 0.1) is 22.7 Å². The quantitative estimate of drug-likeness (QED) is 0.169. The normalized spacial score (nSPS) is 16.5. The number of benzene rings is 4. The lowest BCUT2D eigenvalue weighted by atomic mass is 9.88. The first-order valence-corrected chi connectivity index (χ1v) is 23.4. The smallest absolute Gasteiger partial charge is 0.130 e. The summed E-state index contributed by atoms with van der Waals surface area (Å²) in [5.74, 6) is 2.91. The van der Waals surface area contributed by atoms with E-state index in [-0.39, 0.29) is 11.9 Å². The van der Waals surface area contributed by atoms with Gasteiger partial charge in [0.05, 0.1) is 84.5 Å². The highest BCUT2D eigenvalue weighted by molar-refractivity contribution is 5.83. The van der Waals surface area contributed by atoms with E-state index in [0.29, 0.717) is 5.56 Å². The average molecular weight is 905 g/mol. The number of pyridine rings is 2. The molecular weight excluding hydrogens is 853 g/mol. The Labute approximate surface area is 395 Å². The van der Waals surface area contributed by atoms with E-state index in [0.717, 1.165) is 134 Å². The zero-order chi connectivity index (χ0) is 46.2. The molecule has 342 valence electrons. The number of aromatic nitrogens is 6. The molecule has 0 bridgehead atoms. The number of aryl methyl sites for hydroxylation is 3. The average Bonchev–Trinajstić information content (AvgIpc) is 4.03. The Hall–Kier alpha value is -7.78. The Bertz CT molecular complexity index is 3140. The zero-order valence-electron chi connectivity index (χ0n) is 37.9. The van der Waals surface area contributed by atoms with E-state index in [1.807, 2.05) is 82.4 Å². The van der Waals surface area contributed by atoms with Crippen molar-refractivity contribution in [2.24, 2.45) is 0 Å². The number of anilines is 2. The summed E-state index contributed by atoms with van der Waals surface area (Å²) in [6.45, 7) is 6.27. The molecule has 2 fully saturated rings. The third-order valence-corrected chi connectivity index (χ3v) is 13.0. The number of morpholine rings is 2. The third-order valence-electron chi connectivity index (χ3n) is 13.0.